The topological polar surface area (TPSA) is 48.0 Å². The minimum absolute atomic E-state index is 0.293. The number of aliphatic hydroxyl groups is 1. The van der Waals surface area contributed by atoms with Gasteiger partial charge in [-0.15, -0.1) is 0 Å². The molecule has 0 amide bonds. The maximum atomic E-state index is 12.8. The second kappa shape index (κ2) is 6.08. The summed E-state index contributed by atoms with van der Waals surface area (Å²) in [5.74, 6) is -0.293. The lowest BCUT2D eigenvalue weighted by Gasteiger charge is -2.12. The van der Waals surface area contributed by atoms with E-state index in [1.165, 1.54) is 23.1 Å². The molecule has 4 heteroatoms. The van der Waals surface area contributed by atoms with Gasteiger partial charge in [0.1, 0.15) is 5.82 Å². The number of fused-ring (bicyclic) bond motifs is 1. The van der Waals surface area contributed by atoms with Gasteiger partial charge in [0, 0.05) is 30.2 Å². The fraction of sp³-hybridized carbons (Fsp3) is 0.176. The van der Waals surface area contributed by atoms with E-state index in [2.05, 4.69) is 16.4 Å². The maximum Gasteiger partial charge on any atom is 0.123 e. The highest BCUT2D eigenvalue weighted by molar-refractivity contribution is 5.82. The van der Waals surface area contributed by atoms with Crippen molar-refractivity contribution in [1.82, 2.24) is 10.3 Å². The standard InChI is InChI=1S/C17H17FN2O/c18-14-6-4-12(5-7-14)17(21)11-19-10-13-2-1-3-16-15(13)8-9-20-16/h1-9,17,19-21H,10-11H2. The third-order valence-corrected chi connectivity index (χ3v) is 3.59. The van der Waals surface area contributed by atoms with Crippen molar-refractivity contribution in [3.8, 4) is 0 Å². The molecular weight excluding hydrogens is 267 g/mol. The van der Waals surface area contributed by atoms with Crippen molar-refractivity contribution in [2.75, 3.05) is 6.54 Å². The molecule has 3 nitrogen and oxygen atoms in total. The highest BCUT2D eigenvalue weighted by Crippen LogP contribution is 2.17. The molecule has 1 heterocycles. The number of aromatic amines is 1. The van der Waals surface area contributed by atoms with E-state index in [9.17, 15) is 9.50 Å². The zero-order valence-corrected chi connectivity index (χ0v) is 11.5. The van der Waals surface area contributed by atoms with Gasteiger partial charge in [0.15, 0.2) is 0 Å². The Labute approximate surface area is 122 Å². The van der Waals surface area contributed by atoms with Crippen molar-refractivity contribution in [2.24, 2.45) is 0 Å². The van der Waals surface area contributed by atoms with Gasteiger partial charge in [-0.25, -0.2) is 4.39 Å². The number of aliphatic hydroxyl groups excluding tert-OH is 1. The summed E-state index contributed by atoms with van der Waals surface area (Å²) in [6.45, 7) is 1.10. The van der Waals surface area contributed by atoms with Crippen LogP contribution in [-0.2, 0) is 6.54 Å². The number of halogens is 1. The van der Waals surface area contributed by atoms with Gasteiger partial charge in [0.25, 0.3) is 0 Å². The molecule has 1 unspecified atom stereocenters. The molecule has 0 saturated heterocycles. The van der Waals surface area contributed by atoms with E-state index in [-0.39, 0.29) is 5.82 Å². The number of aromatic nitrogens is 1. The number of hydrogen-bond donors (Lipinski definition) is 3. The van der Waals surface area contributed by atoms with Crippen molar-refractivity contribution in [1.29, 1.82) is 0 Å². The normalized spacial score (nSPS) is 12.7. The first-order valence-electron chi connectivity index (χ1n) is 6.93. The van der Waals surface area contributed by atoms with Crippen molar-refractivity contribution in [2.45, 2.75) is 12.6 Å². The monoisotopic (exact) mass is 284 g/mol. The zero-order chi connectivity index (χ0) is 14.7. The first-order valence-corrected chi connectivity index (χ1v) is 6.93. The fourth-order valence-electron chi connectivity index (χ4n) is 2.45. The summed E-state index contributed by atoms with van der Waals surface area (Å²) >= 11 is 0. The first-order chi connectivity index (χ1) is 10.2. The third-order valence-electron chi connectivity index (χ3n) is 3.59. The van der Waals surface area contributed by atoms with Gasteiger partial charge < -0.3 is 15.4 Å². The largest absolute Gasteiger partial charge is 0.387 e. The second-order valence-corrected chi connectivity index (χ2v) is 5.05. The Morgan fingerprint density at radius 3 is 2.71 bits per heavy atom. The number of benzene rings is 2. The van der Waals surface area contributed by atoms with E-state index < -0.39 is 6.10 Å². The molecule has 3 rings (SSSR count). The van der Waals surface area contributed by atoms with Crippen LogP contribution in [0.5, 0.6) is 0 Å². The molecule has 2 aromatic carbocycles. The summed E-state index contributed by atoms with van der Waals surface area (Å²) in [4.78, 5) is 3.18. The Bertz CT molecular complexity index is 721. The molecule has 0 fully saturated rings. The zero-order valence-electron chi connectivity index (χ0n) is 11.5. The molecule has 0 aliphatic carbocycles. The van der Waals surface area contributed by atoms with E-state index in [0.717, 1.165) is 5.52 Å². The van der Waals surface area contributed by atoms with Crippen LogP contribution in [-0.4, -0.2) is 16.6 Å². The molecule has 0 spiro atoms. The van der Waals surface area contributed by atoms with Gasteiger partial charge in [0.2, 0.25) is 0 Å². The Balaban J connectivity index is 1.61. The second-order valence-electron chi connectivity index (χ2n) is 5.05. The molecule has 21 heavy (non-hydrogen) atoms. The molecule has 3 N–H and O–H groups in total. The highest BCUT2D eigenvalue weighted by atomic mass is 19.1. The minimum atomic E-state index is -0.643. The van der Waals surface area contributed by atoms with Gasteiger partial charge in [-0.05, 0) is 35.4 Å². The number of rotatable bonds is 5. The van der Waals surface area contributed by atoms with Crippen molar-refractivity contribution in [3.63, 3.8) is 0 Å². The SMILES string of the molecule is OC(CNCc1cccc2[nH]ccc12)c1ccc(F)cc1. The maximum absolute atomic E-state index is 12.8. The predicted octanol–water partition coefficient (Wildman–Crippen LogP) is 3.13. The van der Waals surface area contributed by atoms with E-state index in [1.807, 2.05) is 24.4 Å². The molecule has 0 bridgehead atoms. The summed E-state index contributed by atoms with van der Waals surface area (Å²) < 4.78 is 12.8. The van der Waals surface area contributed by atoms with Crippen molar-refractivity contribution in [3.05, 3.63) is 71.7 Å². The lowest BCUT2D eigenvalue weighted by Crippen LogP contribution is -2.21. The Kier molecular flexibility index (Phi) is 3.99. The van der Waals surface area contributed by atoms with E-state index in [4.69, 9.17) is 0 Å². The first kappa shape index (κ1) is 13.8. The van der Waals surface area contributed by atoms with Crippen LogP contribution in [0, 0.1) is 5.82 Å². The minimum Gasteiger partial charge on any atom is -0.387 e. The van der Waals surface area contributed by atoms with E-state index in [1.54, 1.807) is 12.1 Å². The van der Waals surface area contributed by atoms with Crippen LogP contribution in [0.1, 0.15) is 17.2 Å². The van der Waals surface area contributed by atoms with Gasteiger partial charge >= 0.3 is 0 Å². The van der Waals surface area contributed by atoms with Gasteiger partial charge in [-0.3, -0.25) is 0 Å². The van der Waals surface area contributed by atoms with Crippen LogP contribution in [0.25, 0.3) is 10.9 Å². The molecule has 0 aliphatic rings. The third kappa shape index (κ3) is 3.12. The highest BCUT2D eigenvalue weighted by Gasteiger charge is 2.08. The Morgan fingerprint density at radius 1 is 1.10 bits per heavy atom. The molecule has 0 saturated carbocycles. The van der Waals surface area contributed by atoms with Crippen LogP contribution < -0.4 is 5.32 Å². The number of nitrogens with one attached hydrogen (secondary N) is 2. The van der Waals surface area contributed by atoms with Gasteiger partial charge in [0.05, 0.1) is 6.10 Å². The van der Waals surface area contributed by atoms with Gasteiger partial charge in [-0.2, -0.15) is 0 Å². The van der Waals surface area contributed by atoms with Crippen LogP contribution in [0.3, 0.4) is 0 Å². The van der Waals surface area contributed by atoms with E-state index >= 15 is 0 Å². The summed E-state index contributed by atoms with van der Waals surface area (Å²) in [5.41, 5.74) is 3.00. The number of H-pyrrole nitrogens is 1. The molecule has 0 radical (unpaired) electrons. The lowest BCUT2D eigenvalue weighted by molar-refractivity contribution is 0.174. The van der Waals surface area contributed by atoms with Crippen LogP contribution >= 0.6 is 0 Å². The molecule has 3 aromatic rings. The fourth-order valence-corrected chi connectivity index (χ4v) is 2.45. The van der Waals surface area contributed by atoms with Gasteiger partial charge in [-0.1, -0.05) is 24.3 Å². The average Bonchev–Trinajstić information content (AvgIpc) is 2.97. The van der Waals surface area contributed by atoms with Crippen LogP contribution in [0.2, 0.25) is 0 Å². The van der Waals surface area contributed by atoms with Crippen LogP contribution in [0.15, 0.2) is 54.7 Å². The molecule has 1 aromatic heterocycles. The molecule has 1 atom stereocenters. The Morgan fingerprint density at radius 2 is 1.90 bits per heavy atom. The molecular formula is C17H17FN2O. The summed E-state index contributed by atoms with van der Waals surface area (Å²) in [5, 5.41) is 14.5. The van der Waals surface area contributed by atoms with Crippen molar-refractivity contribution >= 4 is 10.9 Å². The molecule has 108 valence electrons. The average molecular weight is 284 g/mol. The Hall–Kier alpha value is -2.17. The predicted molar refractivity (Wildman–Crippen MR) is 81.4 cm³/mol. The lowest BCUT2D eigenvalue weighted by atomic mass is 10.1. The van der Waals surface area contributed by atoms with Crippen LogP contribution in [0.4, 0.5) is 4.39 Å². The number of hydrogen-bond acceptors (Lipinski definition) is 2. The van der Waals surface area contributed by atoms with E-state index in [0.29, 0.717) is 18.7 Å². The summed E-state index contributed by atoms with van der Waals surface area (Å²) in [6, 6.07) is 14.1. The molecule has 0 aliphatic heterocycles. The summed E-state index contributed by atoms with van der Waals surface area (Å²) in [7, 11) is 0. The smallest absolute Gasteiger partial charge is 0.123 e. The van der Waals surface area contributed by atoms with Crippen molar-refractivity contribution < 1.29 is 9.50 Å². The quantitative estimate of drug-likeness (QED) is 0.674. The summed E-state index contributed by atoms with van der Waals surface area (Å²) in [6.07, 6.45) is 1.28.